The zero-order chi connectivity index (χ0) is 17.4. The standard InChI is InChI=1S/C18H34N4O2.HI/c1-4-19-18(20-9-5-7-15(2)3)22-12-10-21(11-13-22)17(23)16-8-6-14-24-16;/h15-16H,4-14H2,1-3H3,(H,19,20);1H. The summed E-state index contributed by atoms with van der Waals surface area (Å²) in [5, 5.41) is 3.39. The Morgan fingerprint density at radius 2 is 1.92 bits per heavy atom. The highest BCUT2D eigenvalue weighted by Crippen LogP contribution is 2.16. The summed E-state index contributed by atoms with van der Waals surface area (Å²) in [7, 11) is 0. The van der Waals surface area contributed by atoms with Crippen molar-refractivity contribution < 1.29 is 9.53 Å². The van der Waals surface area contributed by atoms with Crippen LogP contribution in [-0.4, -0.2) is 73.6 Å². The Bertz CT molecular complexity index is 417. The van der Waals surface area contributed by atoms with Gasteiger partial charge in [0, 0.05) is 45.9 Å². The third-order valence-electron chi connectivity index (χ3n) is 4.63. The summed E-state index contributed by atoms with van der Waals surface area (Å²) in [5.41, 5.74) is 0. The Kier molecular flexibility index (Phi) is 10.7. The normalized spacial score (nSPS) is 21.4. The van der Waals surface area contributed by atoms with Crippen LogP contribution >= 0.6 is 24.0 Å². The minimum Gasteiger partial charge on any atom is -0.368 e. The second-order valence-electron chi connectivity index (χ2n) is 7.09. The molecule has 0 aromatic heterocycles. The number of guanidine groups is 1. The topological polar surface area (TPSA) is 57.2 Å². The predicted octanol–water partition coefficient (Wildman–Crippen LogP) is 2.33. The monoisotopic (exact) mass is 466 g/mol. The number of piperazine rings is 1. The summed E-state index contributed by atoms with van der Waals surface area (Å²) in [6, 6.07) is 0. The van der Waals surface area contributed by atoms with E-state index in [4.69, 9.17) is 9.73 Å². The largest absolute Gasteiger partial charge is 0.368 e. The molecule has 25 heavy (non-hydrogen) atoms. The van der Waals surface area contributed by atoms with Crippen LogP contribution in [0, 0.1) is 5.92 Å². The van der Waals surface area contributed by atoms with Crippen LogP contribution in [0.15, 0.2) is 4.99 Å². The molecule has 7 heteroatoms. The van der Waals surface area contributed by atoms with Crippen LogP contribution in [0.25, 0.3) is 0 Å². The first kappa shape index (κ1) is 22.5. The molecule has 1 N–H and O–H groups in total. The van der Waals surface area contributed by atoms with Crippen LogP contribution in [0.4, 0.5) is 0 Å². The van der Waals surface area contributed by atoms with E-state index in [0.29, 0.717) is 0 Å². The number of hydrogen-bond acceptors (Lipinski definition) is 3. The van der Waals surface area contributed by atoms with Crippen molar-refractivity contribution in [2.75, 3.05) is 45.9 Å². The van der Waals surface area contributed by atoms with Gasteiger partial charge in [0.25, 0.3) is 5.91 Å². The van der Waals surface area contributed by atoms with E-state index in [0.717, 1.165) is 77.0 Å². The number of hydrogen-bond donors (Lipinski definition) is 1. The molecule has 0 aliphatic carbocycles. The van der Waals surface area contributed by atoms with Gasteiger partial charge < -0.3 is 19.9 Å². The number of halogens is 1. The summed E-state index contributed by atoms with van der Waals surface area (Å²) in [6.07, 6.45) is 4.02. The minimum absolute atomic E-state index is 0. The lowest BCUT2D eigenvalue weighted by molar-refractivity contribution is -0.142. The van der Waals surface area contributed by atoms with E-state index >= 15 is 0 Å². The Morgan fingerprint density at radius 3 is 2.48 bits per heavy atom. The molecule has 2 heterocycles. The van der Waals surface area contributed by atoms with Crippen molar-refractivity contribution in [2.45, 2.75) is 52.6 Å². The lowest BCUT2D eigenvalue weighted by Gasteiger charge is -2.37. The highest BCUT2D eigenvalue weighted by molar-refractivity contribution is 14.0. The maximum absolute atomic E-state index is 12.4. The molecular weight excluding hydrogens is 431 g/mol. The first-order valence-corrected chi connectivity index (χ1v) is 9.55. The molecule has 1 unspecified atom stereocenters. The van der Waals surface area contributed by atoms with E-state index in [9.17, 15) is 4.79 Å². The zero-order valence-corrected chi connectivity index (χ0v) is 18.3. The van der Waals surface area contributed by atoms with Gasteiger partial charge in [-0.25, -0.2) is 0 Å². The molecule has 2 fully saturated rings. The average Bonchev–Trinajstić information content (AvgIpc) is 3.11. The van der Waals surface area contributed by atoms with E-state index in [1.807, 2.05) is 4.90 Å². The maximum Gasteiger partial charge on any atom is 0.251 e. The Labute approximate surface area is 169 Å². The molecule has 0 aromatic carbocycles. The number of carbonyl (C=O) groups excluding carboxylic acids is 1. The van der Waals surface area contributed by atoms with E-state index in [1.54, 1.807) is 0 Å². The molecule has 1 atom stereocenters. The minimum atomic E-state index is -0.200. The van der Waals surface area contributed by atoms with Crippen molar-refractivity contribution in [3.8, 4) is 0 Å². The van der Waals surface area contributed by atoms with Crippen LogP contribution in [0.2, 0.25) is 0 Å². The SMILES string of the molecule is CCNC(=NCCCC(C)C)N1CCN(C(=O)C2CCCO2)CC1.I. The summed E-state index contributed by atoms with van der Waals surface area (Å²) < 4.78 is 5.52. The molecular formula is C18H35IN4O2. The Balaban J connectivity index is 0.00000312. The van der Waals surface area contributed by atoms with Gasteiger partial charge in [0.05, 0.1) is 0 Å². The van der Waals surface area contributed by atoms with Crippen LogP contribution in [0.5, 0.6) is 0 Å². The van der Waals surface area contributed by atoms with Gasteiger partial charge in [-0.2, -0.15) is 0 Å². The van der Waals surface area contributed by atoms with Crippen molar-refractivity contribution in [3.05, 3.63) is 0 Å². The van der Waals surface area contributed by atoms with Crippen molar-refractivity contribution in [2.24, 2.45) is 10.9 Å². The molecule has 0 spiro atoms. The van der Waals surface area contributed by atoms with Crippen LogP contribution in [0.3, 0.4) is 0 Å². The fourth-order valence-corrected chi connectivity index (χ4v) is 3.23. The highest BCUT2D eigenvalue weighted by atomic mass is 127. The molecule has 6 nitrogen and oxygen atoms in total. The third kappa shape index (κ3) is 7.29. The van der Waals surface area contributed by atoms with Gasteiger partial charge in [-0.3, -0.25) is 9.79 Å². The molecule has 2 aliphatic heterocycles. The Hall–Kier alpha value is -0.570. The molecule has 2 aliphatic rings. The van der Waals surface area contributed by atoms with Gasteiger partial charge in [-0.05, 0) is 38.5 Å². The van der Waals surface area contributed by atoms with Crippen LogP contribution < -0.4 is 5.32 Å². The van der Waals surface area contributed by atoms with Gasteiger partial charge in [-0.1, -0.05) is 13.8 Å². The van der Waals surface area contributed by atoms with Crippen molar-refractivity contribution >= 4 is 35.8 Å². The van der Waals surface area contributed by atoms with Gasteiger partial charge in [0.1, 0.15) is 6.10 Å². The molecule has 146 valence electrons. The second-order valence-corrected chi connectivity index (χ2v) is 7.09. The molecule has 0 aromatic rings. The van der Waals surface area contributed by atoms with Crippen LogP contribution in [-0.2, 0) is 9.53 Å². The van der Waals surface area contributed by atoms with Gasteiger partial charge >= 0.3 is 0 Å². The summed E-state index contributed by atoms with van der Waals surface area (Å²) in [4.78, 5) is 21.4. The van der Waals surface area contributed by atoms with Crippen LogP contribution in [0.1, 0.15) is 46.5 Å². The number of aliphatic imine (C=N–C) groups is 1. The molecule has 0 radical (unpaired) electrons. The van der Waals surface area contributed by atoms with Crippen molar-refractivity contribution in [1.29, 1.82) is 0 Å². The lowest BCUT2D eigenvalue weighted by Crippen LogP contribution is -2.55. The smallest absolute Gasteiger partial charge is 0.251 e. The first-order valence-electron chi connectivity index (χ1n) is 9.55. The maximum atomic E-state index is 12.4. The number of nitrogens with one attached hydrogen (secondary N) is 1. The van der Waals surface area contributed by atoms with Gasteiger partial charge in [-0.15, -0.1) is 24.0 Å². The highest BCUT2D eigenvalue weighted by Gasteiger charge is 2.30. The van der Waals surface area contributed by atoms with Crippen molar-refractivity contribution in [3.63, 3.8) is 0 Å². The molecule has 0 bridgehead atoms. The van der Waals surface area contributed by atoms with Gasteiger partial charge in [0.15, 0.2) is 5.96 Å². The Morgan fingerprint density at radius 1 is 1.24 bits per heavy atom. The van der Waals surface area contributed by atoms with E-state index in [-0.39, 0.29) is 36.0 Å². The lowest BCUT2D eigenvalue weighted by atomic mass is 10.1. The fraction of sp³-hybridized carbons (Fsp3) is 0.889. The number of ether oxygens (including phenoxy) is 1. The summed E-state index contributed by atoms with van der Waals surface area (Å²) in [6.45, 7) is 12.3. The van der Waals surface area contributed by atoms with E-state index < -0.39 is 0 Å². The van der Waals surface area contributed by atoms with Gasteiger partial charge in [0.2, 0.25) is 0 Å². The molecule has 0 saturated carbocycles. The zero-order valence-electron chi connectivity index (χ0n) is 16.0. The summed E-state index contributed by atoms with van der Waals surface area (Å²) in [5.74, 6) is 1.90. The van der Waals surface area contributed by atoms with E-state index in [1.165, 1.54) is 6.42 Å². The average molecular weight is 466 g/mol. The quantitative estimate of drug-likeness (QED) is 0.283. The number of carbonyl (C=O) groups is 1. The van der Waals surface area contributed by atoms with E-state index in [2.05, 4.69) is 31.0 Å². The molecule has 2 saturated heterocycles. The molecule has 2 rings (SSSR count). The number of rotatable bonds is 6. The number of amides is 1. The van der Waals surface area contributed by atoms with Crippen molar-refractivity contribution in [1.82, 2.24) is 15.1 Å². The predicted molar refractivity (Wildman–Crippen MR) is 113 cm³/mol. The summed E-state index contributed by atoms with van der Waals surface area (Å²) >= 11 is 0. The third-order valence-corrected chi connectivity index (χ3v) is 4.63. The number of nitrogens with zero attached hydrogens (tertiary/aromatic N) is 3. The fourth-order valence-electron chi connectivity index (χ4n) is 3.23. The molecule has 1 amide bonds. The second kappa shape index (κ2) is 11.9. The first-order chi connectivity index (χ1) is 11.6.